The molecule has 0 heterocycles. The van der Waals surface area contributed by atoms with Crippen molar-refractivity contribution in [2.75, 3.05) is 14.2 Å². The number of hydrogen-bond donors (Lipinski definition) is 0. The molecule has 1 rings (SSSR count). The zero-order chi connectivity index (χ0) is 12.7. The lowest BCUT2D eigenvalue weighted by atomic mass is 10.0. The van der Waals surface area contributed by atoms with Crippen LogP contribution in [0.2, 0.25) is 0 Å². The summed E-state index contributed by atoms with van der Waals surface area (Å²) < 4.78 is 9.98. The largest absolute Gasteiger partial charge is 0.496 e. The molecule has 3 nitrogen and oxygen atoms in total. The number of rotatable bonds is 6. The monoisotopic (exact) mass is 236 g/mol. The molecule has 0 unspecified atom stereocenters. The van der Waals surface area contributed by atoms with Crippen molar-refractivity contribution in [1.29, 1.82) is 0 Å². The van der Waals surface area contributed by atoms with Crippen LogP contribution in [-0.2, 0) is 11.2 Å². The number of methoxy groups -OCH3 is 2. The number of unbranched alkanes of at least 4 members (excludes halogenated alkanes) is 2. The first-order chi connectivity index (χ1) is 8.22. The Morgan fingerprint density at radius 1 is 1.24 bits per heavy atom. The third-order valence-electron chi connectivity index (χ3n) is 2.76. The molecule has 1 aromatic carbocycles. The van der Waals surface area contributed by atoms with E-state index in [0.29, 0.717) is 5.56 Å². The zero-order valence-electron chi connectivity index (χ0n) is 10.8. The second kappa shape index (κ2) is 6.94. The van der Waals surface area contributed by atoms with Gasteiger partial charge in [-0.3, -0.25) is 0 Å². The van der Waals surface area contributed by atoms with E-state index in [4.69, 9.17) is 4.74 Å². The highest BCUT2D eigenvalue weighted by Gasteiger charge is 2.09. The van der Waals surface area contributed by atoms with E-state index in [1.807, 2.05) is 6.07 Å². The van der Waals surface area contributed by atoms with Gasteiger partial charge in [0.15, 0.2) is 0 Å². The summed E-state index contributed by atoms with van der Waals surface area (Å²) in [4.78, 5) is 11.4. The van der Waals surface area contributed by atoms with E-state index in [9.17, 15) is 4.79 Å². The Morgan fingerprint density at radius 3 is 2.59 bits per heavy atom. The maximum atomic E-state index is 11.4. The SMILES string of the molecule is CCCCCc1ccc(C(=O)OC)cc1OC. The van der Waals surface area contributed by atoms with Crippen molar-refractivity contribution >= 4 is 5.97 Å². The van der Waals surface area contributed by atoms with Gasteiger partial charge in [0.05, 0.1) is 19.8 Å². The number of ether oxygens (including phenoxy) is 2. The standard InChI is InChI=1S/C14H20O3/c1-4-5-6-7-11-8-9-12(14(15)17-3)10-13(11)16-2/h8-10H,4-7H2,1-3H3. The Bertz CT molecular complexity index is 372. The smallest absolute Gasteiger partial charge is 0.337 e. The molecule has 17 heavy (non-hydrogen) atoms. The van der Waals surface area contributed by atoms with E-state index in [0.717, 1.165) is 24.2 Å². The highest BCUT2D eigenvalue weighted by molar-refractivity contribution is 5.89. The summed E-state index contributed by atoms with van der Waals surface area (Å²) in [7, 11) is 3.00. The van der Waals surface area contributed by atoms with Crippen molar-refractivity contribution in [2.24, 2.45) is 0 Å². The van der Waals surface area contributed by atoms with Gasteiger partial charge in [0.1, 0.15) is 5.75 Å². The number of carbonyl (C=O) groups excluding carboxylic acids is 1. The van der Waals surface area contributed by atoms with Crippen LogP contribution in [0.25, 0.3) is 0 Å². The summed E-state index contributed by atoms with van der Waals surface area (Å²) in [6.07, 6.45) is 4.54. The summed E-state index contributed by atoms with van der Waals surface area (Å²) in [6.45, 7) is 2.18. The van der Waals surface area contributed by atoms with Gasteiger partial charge in [-0.05, 0) is 30.5 Å². The Morgan fingerprint density at radius 2 is 2.00 bits per heavy atom. The predicted octanol–water partition coefficient (Wildman–Crippen LogP) is 3.21. The highest BCUT2D eigenvalue weighted by atomic mass is 16.5. The van der Waals surface area contributed by atoms with Gasteiger partial charge < -0.3 is 9.47 Å². The summed E-state index contributed by atoms with van der Waals surface area (Å²) in [5, 5.41) is 0. The molecule has 94 valence electrons. The Labute approximate surface area is 103 Å². The van der Waals surface area contributed by atoms with Crippen LogP contribution in [0.15, 0.2) is 18.2 Å². The van der Waals surface area contributed by atoms with E-state index in [2.05, 4.69) is 11.7 Å². The third kappa shape index (κ3) is 3.77. The molecule has 0 radical (unpaired) electrons. The lowest BCUT2D eigenvalue weighted by Crippen LogP contribution is -2.03. The Hall–Kier alpha value is -1.51. The molecule has 3 heteroatoms. The van der Waals surface area contributed by atoms with Crippen LogP contribution in [0.5, 0.6) is 5.75 Å². The molecular formula is C14H20O3. The van der Waals surface area contributed by atoms with Crippen molar-refractivity contribution in [3.05, 3.63) is 29.3 Å². The van der Waals surface area contributed by atoms with Gasteiger partial charge in [0.2, 0.25) is 0 Å². The number of hydrogen-bond acceptors (Lipinski definition) is 3. The van der Waals surface area contributed by atoms with Gasteiger partial charge in [0, 0.05) is 0 Å². The number of esters is 1. The van der Waals surface area contributed by atoms with E-state index < -0.39 is 0 Å². The molecule has 0 atom stereocenters. The number of benzene rings is 1. The minimum Gasteiger partial charge on any atom is -0.496 e. The molecular weight excluding hydrogens is 216 g/mol. The third-order valence-corrected chi connectivity index (χ3v) is 2.76. The minimum atomic E-state index is -0.330. The molecule has 1 aromatic rings. The van der Waals surface area contributed by atoms with Crippen molar-refractivity contribution < 1.29 is 14.3 Å². The lowest BCUT2D eigenvalue weighted by Gasteiger charge is -2.09. The molecule has 0 saturated carbocycles. The maximum Gasteiger partial charge on any atom is 0.337 e. The van der Waals surface area contributed by atoms with Crippen LogP contribution in [0.3, 0.4) is 0 Å². The predicted molar refractivity (Wildman–Crippen MR) is 67.6 cm³/mol. The first-order valence-corrected chi connectivity index (χ1v) is 5.98. The first-order valence-electron chi connectivity index (χ1n) is 5.98. The van der Waals surface area contributed by atoms with Crippen molar-refractivity contribution in [1.82, 2.24) is 0 Å². The lowest BCUT2D eigenvalue weighted by molar-refractivity contribution is 0.0600. The second-order valence-electron chi connectivity index (χ2n) is 3.98. The summed E-state index contributed by atoms with van der Waals surface area (Å²) in [5.41, 5.74) is 1.68. The van der Waals surface area contributed by atoms with Crippen LogP contribution in [-0.4, -0.2) is 20.2 Å². The van der Waals surface area contributed by atoms with Crippen molar-refractivity contribution in [3.63, 3.8) is 0 Å². The van der Waals surface area contributed by atoms with E-state index in [1.54, 1.807) is 19.2 Å². The molecule has 0 aliphatic rings. The van der Waals surface area contributed by atoms with Gasteiger partial charge >= 0.3 is 5.97 Å². The number of carbonyl (C=O) groups is 1. The summed E-state index contributed by atoms with van der Waals surface area (Å²) in [6, 6.07) is 5.48. The highest BCUT2D eigenvalue weighted by Crippen LogP contribution is 2.22. The van der Waals surface area contributed by atoms with Crippen LogP contribution in [0, 0.1) is 0 Å². The molecule has 0 bridgehead atoms. The summed E-state index contributed by atoms with van der Waals surface area (Å²) in [5.74, 6) is 0.437. The molecule has 0 aromatic heterocycles. The van der Waals surface area contributed by atoms with Crippen LogP contribution in [0.4, 0.5) is 0 Å². The topological polar surface area (TPSA) is 35.5 Å². The van der Waals surface area contributed by atoms with Crippen molar-refractivity contribution in [2.45, 2.75) is 32.6 Å². The normalized spacial score (nSPS) is 10.1. The van der Waals surface area contributed by atoms with Crippen molar-refractivity contribution in [3.8, 4) is 5.75 Å². The fourth-order valence-corrected chi connectivity index (χ4v) is 1.76. The summed E-state index contributed by atoms with van der Waals surface area (Å²) >= 11 is 0. The van der Waals surface area contributed by atoms with Gasteiger partial charge in [0.25, 0.3) is 0 Å². The molecule has 0 N–H and O–H groups in total. The molecule has 0 fully saturated rings. The Balaban J connectivity index is 2.81. The van der Waals surface area contributed by atoms with E-state index in [-0.39, 0.29) is 5.97 Å². The van der Waals surface area contributed by atoms with Gasteiger partial charge in [-0.2, -0.15) is 0 Å². The fourth-order valence-electron chi connectivity index (χ4n) is 1.76. The van der Waals surface area contributed by atoms with Crippen LogP contribution >= 0.6 is 0 Å². The second-order valence-corrected chi connectivity index (χ2v) is 3.98. The van der Waals surface area contributed by atoms with Gasteiger partial charge in [-0.1, -0.05) is 25.8 Å². The van der Waals surface area contributed by atoms with Crippen LogP contribution < -0.4 is 4.74 Å². The first kappa shape index (κ1) is 13.6. The van der Waals surface area contributed by atoms with Gasteiger partial charge in [-0.25, -0.2) is 4.79 Å². The zero-order valence-corrected chi connectivity index (χ0v) is 10.8. The molecule has 0 amide bonds. The van der Waals surface area contributed by atoms with E-state index >= 15 is 0 Å². The molecule has 0 saturated heterocycles. The quantitative estimate of drug-likeness (QED) is 0.562. The van der Waals surface area contributed by atoms with Gasteiger partial charge in [-0.15, -0.1) is 0 Å². The number of aryl methyl sites for hydroxylation is 1. The average Bonchev–Trinajstić information content (AvgIpc) is 2.38. The Kier molecular flexibility index (Phi) is 5.53. The molecule has 0 aliphatic heterocycles. The average molecular weight is 236 g/mol. The van der Waals surface area contributed by atoms with Crippen LogP contribution in [0.1, 0.15) is 42.1 Å². The minimum absolute atomic E-state index is 0.330. The fraction of sp³-hybridized carbons (Fsp3) is 0.500. The maximum absolute atomic E-state index is 11.4. The molecule has 0 aliphatic carbocycles. The molecule has 0 spiro atoms. The van der Waals surface area contributed by atoms with E-state index in [1.165, 1.54) is 20.0 Å².